The molecule has 2 aromatic carbocycles. The standard InChI is InChI=1S/C20H25NO2/c1-16(18-11-7-4-8-12-18)21-19(15-20(22)23-2)14-13-17-9-5-3-6-10-17/h3-12,16,19,21H,13-15H2,1-2H3/t16-,19-/m0/s1. The van der Waals surface area contributed by atoms with Crippen LogP contribution in [0.5, 0.6) is 0 Å². The van der Waals surface area contributed by atoms with E-state index in [1.54, 1.807) is 0 Å². The van der Waals surface area contributed by atoms with Gasteiger partial charge in [0.15, 0.2) is 0 Å². The number of carbonyl (C=O) groups excluding carboxylic acids is 1. The van der Waals surface area contributed by atoms with Crippen molar-refractivity contribution in [1.82, 2.24) is 5.32 Å². The molecule has 2 atom stereocenters. The fourth-order valence-corrected chi connectivity index (χ4v) is 2.71. The molecule has 23 heavy (non-hydrogen) atoms. The molecule has 0 heterocycles. The molecular weight excluding hydrogens is 286 g/mol. The van der Waals surface area contributed by atoms with Gasteiger partial charge in [0.2, 0.25) is 0 Å². The second-order valence-corrected chi connectivity index (χ2v) is 5.80. The van der Waals surface area contributed by atoms with Crippen molar-refractivity contribution in [3.8, 4) is 0 Å². The Labute approximate surface area is 138 Å². The van der Waals surface area contributed by atoms with E-state index >= 15 is 0 Å². The number of carbonyl (C=O) groups is 1. The third-order valence-corrected chi connectivity index (χ3v) is 4.05. The number of rotatable bonds is 8. The second kappa shape index (κ2) is 9.11. The number of methoxy groups -OCH3 is 1. The van der Waals surface area contributed by atoms with Crippen LogP contribution in [0.3, 0.4) is 0 Å². The number of hydrogen-bond donors (Lipinski definition) is 1. The van der Waals surface area contributed by atoms with Crippen molar-refractivity contribution in [3.63, 3.8) is 0 Å². The summed E-state index contributed by atoms with van der Waals surface area (Å²) in [6.07, 6.45) is 2.23. The Morgan fingerprint density at radius 1 is 1.04 bits per heavy atom. The summed E-state index contributed by atoms with van der Waals surface area (Å²) in [6.45, 7) is 2.13. The summed E-state index contributed by atoms with van der Waals surface area (Å²) in [6, 6.07) is 20.9. The Kier molecular flexibility index (Phi) is 6.82. The predicted molar refractivity (Wildman–Crippen MR) is 93.2 cm³/mol. The lowest BCUT2D eigenvalue weighted by Gasteiger charge is -2.23. The third-order valence-electron chi connectivity index (χ3n) is 4.05. The SMILES string of the molecule is COC(=O)C[C@H](CCc1ccccc1)N[C@@H](C)c1ccccc1. The van der Waals surface area contributed by atoms with Gasteiger partial charge >= 0.3 is 5.97 Å². The van der Waals surface area contributed by atoms with Crippen LogP contribution in [0.1, 0.15) is 36.9 Å². The molecular formula is C20H25NO2. The van der Waals surface area contributed by atoms with Gasteiger partial charge in [-0.2, -0.15) is 0 Å². The molecule has 0 saturated carbocycles. The molecule has 0 saturated heterocycles. The van der Waals surface area contributed by atoms with E-state index in [9.17, 15) is 4.79 Å². The molecule has 1 N–H and O–H groups in total. The molecule has 0 aromatic heterocycles. The molecule has 0 fully saturated rings. The first-order valence-electron chi connectivity index (χ1n) is 8.10. The van der Waals surface area contributed by atoms with Gasteiger partial charge in [0.05, 0.1) is 13.5 Å². The molecule has 0 radical (unpaired) electrons. The van der Waals surface area contributed by atoms with Crippen molar-refractivity contribution in [2.24, 2.45) is 0 Å². The van der Waals surface area contributed by atoms with Crippen molar-refractivity contribution in [1.29, 1.82) is 0 Å². The maximum Gasteiger partial charge on any atom is 0.307 e. The van der Waals surface area contributed by atoms with Gasteiger partial charge in [-0.3, -0.25) is 4.79 Å². The maximum absolute atomic E-state index is 11.7. The van der Waals surface area contributed by atoms with Crippen LogP contribution in [0.15, 0.2) is 60.7 Å². The van der Waals surface area contributed by atoms with Crippen LogP contribution in [-0.2, 0) is 16.0 Å². The Hall–Kier alpha value is -2.13. The summed E-state index contributed by atoms with van der Waals surface area (Å²) in [5, 5.41) is 3.57. The van der Waals surface area contributed by atoms with E-state index in [1.807, 2.05) is 36.4 Å². The molecule has 3 heteroatoms. The van der Waals surface area contributed by atoms with Gasteiger partial charge < -0.3 is 10.1 Å². The second-order valence-electron chi connectivity index (χ2n) is 5.80. The largest absolute Gasteiger partial charge is 0.469 e. The number of hydrogen-bond acceptors (Lipinski definition) is 3. The van der Waals surface area contributed by atoms with Gasteiger partial charge in [0, 0.05) is 12.1 Å². The highest BCUT2D eigenvalue weighted by Crippen LogP contribution is 2.16. The molecule has 0 amide bonds. The number of aryl methyl sites for hydroxylation is 1. The zero-order valence-electron chi connectivity index (χ0n) is 13.9. The van der Waals surface area contributed by atoms with Crippen molar-refractivity contribution in [3.05, 3.63) is 71.8 Å². The molecule has 2 rings (SSSR count). The average molecular weight is 311 g/mol. The first-order chi connectivity index (χ1) is 11.2. The van der Waals surface area contributed by atoms with E-state index in [0.29, 0.717) is 6.42 Å². The number of benzene rings is 2. The molecule has 122 valence electrons. The van der Waals surface area contributed by atoms with E-state index in [4.69, 9.17) is 4.74 Å². The smallest absolute Gasteiger partial charge is 0.307 e. The molecule has 0 spiro atoms. The quantitative estimate of drug-likeness (QED) is 0.751. The molecule has 2 aromatic rings. The predicted octanol–water partition coefficient (Wildman–Crippen LogP) is 3.90. The number of nitrogens with one attached hydrogen (secondary N) is 1. The first kappa shape index (κ1) is 17.2. The summed E-state index contributed by atoms with van der Waals surface area (Å²) < 4.78 is 4.84. The van der Waals surface area contributed by atoms with E-state index < -0.39 is 0 Å². The van der Waals surface area contributed by atoms with Gasteiger partial charge in [-0.1, -0.05) is 60.7 Å². The molecule has 3 nitrogen and oxygen atoms in total. The van der Waals surface area contributed by atoms with Crippen LogP contribution in [-0.4, -0.2) is 19.1 Å². The lowest BCUT2D eigenvalue weighted by atomic mass is 10.0. The summed E-state index contributed by atoms with van der Waals surface area (Å²) in [5.41, 5.74) is 2.51. The molecule has 0 aliphatic carbocycles. The van der Waals surface area contributed by atoms with Crippen LogP contribution in [0, 0.1) is 0 Å². The van der Waals surface area contributed by atoms with Crippen molar-refractivity contribution in [2.75, 3.05) is 7.11 Å². The van der Waals surface area contributed by atoms with Gasteiger partial charge in [0.1, 0.15) is 0 Å². The van der Waals surface area contributed by atoms with Crippen LogP contribution in [0.4, 0.5) is 0 Å². The topological polar surface area (TPSA) is 38.3 Å². The van der Waals surface area contributed by atoms with Gasteiger partial charge in [-0.05, 0) is 30.9 Å². The monoisotopic (exact) mass is 311 g/mol. The van der Waals surface area contributed by atoms with Crippen LogP contribution in [0.25, 0.3) is 0 Å². The van der Waals surface area contributed by atoms with Crippen LogP contribution in [0.2, 0.25) is 0 Å². The van der Waals surface area contributed by atoms with Crippen molar-refractivity contribution >= 4 is 5.97 Å². The van der Waals surface area contributed by atoms with Crippen molar-refractivity contribution in [2.45, 2.75) is 38.3 Å². The summed E-state index contributed by atoms with van der Waals surface area (Å²) in [7, 11) is 1.44. The minimum Gasteiger partial charge on any atom is -0.469 e. The zero-order valence-corrected chi connectivity index (χ0v) is 13.9. The molecule has 0 aliphatic heterocycles. The Morgan fingerprint density at radius 3 is 2.26 bits per heavy atom. The van der Waals surface area contributed by atoms with E-state index in [0.717, 1.165) is 12.8 Å². The van der Waals surface area contributed by atoms with E-state index in [1.165, 1.54) is 18.2 Å². The molecule has 0 aliphatic rings. The fourth-order valence-electron chi connectivity index (χ4n) is 2.71. The Morgan fingerprint density at radius 2 is 1.65 bits per heavy atom. The van der Waals surface area contributed by atoms with Gasteiger partial charge in [-0.25, -0.2) is 0 Å². The molecule has 0 unspecified atom stereocenters. The molecule has 0 bridgehead atoms. The zero-order chi connectivity index (χ0) is 16.5. The van der Waals surface area contributed by atoms with E-state index in [2.05, 4.69) is 36.5 Å². The minimum atomic E-state index is -0.171. The number of ether oxygens (including phenoxy) is 1. The summed E-state index contributed by atoms with van der Waals surface area (Å²) in [4.78, 5) is 11.7. The lowest BCUT2D eigenvalue weighted by Crippen LogP contribution is -2.34. The van der Waals surface area contributed by atoms with E-state index in [-0.39, 0.29) is 18.1 Å². The highest BCUT2D eigenvalue weighted by Gasteiger charge is 2.17. The van der Waals surface area contributed by atoms with Crippen LogP contribution >= 0.6 is 0 Å². The average Bonchev–Trinajstić information content (AvgIpc) is 2.61. The normalized spacial score (nSPS) is 13.3. The first-order valence-corrected chi connectivity index (χ1v) is 8.10. The lowest BCUT2D eigenvalue weighted by molar-refractivity contribution is -0.141. The number of esters is 1. The highest BCUT2D eigenvalue weighted by atomic mass is 16.5. The van der Waals surface area contributed by atoms with Crippen LogP contribution < -0.4 is 5.32 Å². The van der Waals surface area contributed by atoms with Gasteiger partial charge in [-0.15, -0.1) is 0 Å². The summed E-state index contributed by atoms with van der Waals surface area (Å²) >= 11 is 0. The third kappa shape index (κ3) is 5.87. The fraction of sp³-hybridized carbons (Fsp3) is 0.350. The van der Waals surface area contributed by atoms with Gasteiger partial charge in [0.25, 0.3) is 0 Å². The Bertz CT molecular complexity index is 583. The highest BCUT2D eigenvalue weighted by molar-refractivity contribution is 5.69. The summed E-state index contributed by atoms with van der Waals surface area (Å²) in [5.74, 6) is -0.171. The Balaban J connectivity index is 1.97. The van der Waals surface area contributed by atoms with Crippen molar-refractivity contribution < 1.29 is 9.53 Å². The maximum atomic E-state index is 11.7. The minimum absolute atomic E-state index is 0.0952.